The number of hydrogen-bond acceptors (Lipinski definition) is 9. The van der Waals surface area contributed by atoms with Gasteiger partial charge in [-0.05, 0) is 99.9 Å². The van der Waals surface area contributed by atoms with Gasteiger partial charge in [0.1, 0.15) is 23.1 Å². The van der Waals surface area contributed by atoms with E-state index < -0.39 is 30.3 Å². The van der Waals surface area contributed by atoms with Gasteiger partial charge in [-0.1, -0.05) is 84.9 Å². The fraction of sp³-hybridized carbons (Fsp3) is 0.320. The molecule has 2 saturated heterocycles. The summed E-state index contributed by atoms with van der Waals surface area (Å²) in [4.78, 5) is 79.8. The summed E-state index contributed by atoms with van der Waals surface area (Å²) < 4.78 is 10.6. The molecule has 4 aromatic carbocycles. The number of aromatic nitrogens is 2. The Labute approximate surface area is 381 Å². The van der Waals surface area contributed by atoms with Crippen molar-refractivity contribution in [2.45, 2.75) is 89.8 Å². The molecular formula is C50H53N7O7S. The summed E-state index contributed by atoms with van der Waals surface area (Å²) in [5, 5.41) is 10.3. The fourth-order valence-corrected chi connectivity index (χ4v) is 9.57. The van der Waals surface area contributed by atoms with Gasteiger partial charge >= 0.3 is 12.2 Å². The summed E-state index contributed by atoms with van der Waals surface area (Å²) in [6.07, 6.45) is 2.55. The average Bonchev–Trinajstić information content (AvgIpc) is 4.14. The van der Waals surface area contributed by atoms with Crippen LogP contribution < -0.4 is 16.0 Å². The first-order chi connectivity index (χ1) is 31.4. The summed E-state index contributed by atoms with van der Waals surface area (Å²) in [5.41, 5.74) is 5.66. The molecule has 0 saturated carbocycles. The normalized spacial score (nSPS) is 17.0. The van der Waals surface area contributed by atoms with Crippen molar-refractivity contribution in [1.29, 1.82) is 0 Å². The third-order valence-corrected chi connectivity index (χ3v) is 12.7. The lowest BCUT2D eigenvalue weighted by atomic mass is 10.0. The molecule has 0 unspecified atom stereocenters. The van der Waals surface area contributed by atoms with Crippen LogP contribution in [0.5, 0.6) is 0 Å². The number of nitrogens with zero attached hydrogens (tertiary/aromatic N) is 3. The molecule has 8 rings (SSSR count). The minimum Gasteiger partial charge on any atom is -0.447 e. The maximum atomic E-state index is 14.1. The van der Waals surface area contributed by atoms with Gasteiger partial charge in [0.2, 0.25) is 5.91 Å². The van der Waals surface area contributed by atoms with Gasteiger partial charge in [-0.25, -0.2) is 14.6 Å². The van der Waals surface area contributed by atoms with E-state index in [0.29, 0.717) is 42.7 Å². The Bertz CT molecular complexity index is 2650. The number of benzene rings is 4. The second-order valence-electron chi connectivity index (χ2n) is 16.9. The van der Waals surface area contributed by atoms with E-state index in [1.807, 2.05) is 83.9 Å². The lowest BCUT2D eigenvalue weighted by Crippen LogP contribution is -2.48. The summed E-state index contributed by atoms with van der Waals surface area (Å²) in [5.74, 6) is -0.869. The maximum Gasteiger partial charge on any atom is 0.408 e. The van der Waals surface area contributed by atoms with Crippen LogP contribution in [0, 0.1) is 0 Å². The number of alkyl carbamates (subject to hydrolysis) is 2. The Morgan fingerprint density at radius 3 is 1.88 bits per heavy atom. The molecule has 4 N–H and O–H groups in total. The van der Waals surface area contributed by atoms with Gasteiger partial charge in [0.05, 0.1) is 23.1 Å². The number of carbonyl (C=O) groups excluding carboxylic acids is 5. The summed E-state index contributed by atoms with van der Waals surface area (Å²) in [6.45, 7) is 7.95. The Morgan fingerprint density at radius 2 is 1.26 bits per heavy atom. The number of nitrogens with one attached hydrogen (secondary N) is 4. The van der Waals surface area contributed by atoms with Crippen LogP contribution in [0.3, 0.4) is 0 Å². The van der Waals surface area contributed by atoms with Crippen molar-refractivity contribution in [3.8, 4) is 21.7 Å². The van der Waals surface area contributed by atoms with Crippen molar-refractivity contribution < 1.29 is 33.4 Å². The second kappa shape index (κ2) is 19.8. The van der Waals surface area contributed by atoms with Crippen LogP contribution in [0.4, 0.5) is 15.3 Å². The highest BCUT2D eigenvalue weighted by atomic mass is 32.1. The predicted octanol–water partition coefficient (Wildman–Crippen LogP) is 9.30. The molecule has 0 radical (unpaired) electrons. The summed E-state index contributed by atoms with van der Waals surface area (Å²) in [7, 11) is 0. The van der Waals surface area contributed by atoms with Crippen LogP contribution in [0.15, 0.2) is 115 Å². The maximum absolute atomic E-state index is 14.1. The van der Waals surface area contributed by atoms with Crippen LogP contribution in [-0.4, -0.2) is 81.0 Å². The van der Waals surface area contributed by atoms with E-state index in [4.69, 9.17) is 14.5 Å². The number of hydrogen-bond donors (Lipinski definition) is 4. The Kier molecular flexibility index (Phi) is 13.6. The third-order valence-electron chi connectivity index (χ3n) is 11.5. The molecule has 65 heavy (non-hydrogen) atoms. The van der Waals surface area contributed by atoms with Gasteiger partial charge in [-0.15, -0.1) is 11.3 Å². The summed E-state index contributed by atoms with van der Waals surface area (Å²) >= 11 is 1.56. The predicted molar refractivity (Wildman–Crippen MR) is 250 cm³/mol. The molecule has 4 atom stereocenters. The molecule has 2 fully saturated rings. The van der Waals surface area contributed by atoms with Crippen LogP contribution in [0.25, 0.3) is 32.6 Å². The Morgan fingerprint density at radius 1 is 0.692 bits per heavy atom. The number of aromatic amines is 1. The highest BCUT2D eigenvalue weighted by molar-refractivity contribution is 7.15. The van der Waals surface area contributed by atoms with Gasteiger partial charge in [-0.3, -0.25) is 14.4 Å². The number of anilines is 1. The number of likely N-dealkylation sites (tertiary alicyclic amines) is 2. The Balaban J connectivity index is 0.926. The number of ether oxygens (including phenoxy) is 2. The van der Waals surface area contributed by atoms with Crippen molar-refractivity contribution in [3.05, 3.63) is 132 Å². The van der Waals surface area contributed by atoms with Crippen LogP contribution >= 0.6 is 11.3 Å². The first-order valence-electron chi connectivity index (χ1n) is 22.1. The lowest BCUT2D eigenvalue weighted by Gasteiger charge is -2.29. The van der Waals surface area contributed by atoms with E-state index in [0.717, 1.165) is 50.5 Å². The number of amides is 5. The monoisotopic (exact) mass is 895 g/mol. The largest absolute Gasteiger partial charge is 0.447 e. The highest BCUT2D eigenvalue weighted by Crippen LogP contribution is 2.39. The number of H-pyrrole nitrogens is 1. The molecule has 0 bridgehead atoms. The quantitative estimate of drug-likeness (QED) is 0.0887. The number of carbonyl (C=O) groups is 5. The molecule has 336 valence electrons. The van der Waals surface area contributed by atoms with E-state index in [1.165, 1.54) is 0 Å². The third kappa shape index (κ3) is 10.4. The minimum absolute atomic E-state index is 0.200. The molecule has 4 heterocycles. The fourth-order valence-electron chi connectivity index (χ4n) is 8.50. The standard InChI is InChI=1S/C50H53N7O7S/c1-30(2)63-49(61)54-43(34-13-7-5-8-14-34)47(59)56-25-11-17-40(56)45(58)52-37-23-24-38-36(27-37)28-39(53-38)32-19-21-33(22-20-32)42-29-51-46(65-42)41-18-12-26-57(41)48(60)44(35-15-9-6-10-16-35)55-50(62)64-31(3)4/h5-10,13-16,19-24,27-31,40-41,43-44,53H,11-12,17-18,25-26H2,1-4H3,(H,52,58)(H,54,61)(H,55,62)/t40-,41-,43+,44+/m0/s1. The van der Waals surface area contributed by atoms with Crippen molar-refractivity contribution in [3.63, 3.8) is 0 Å². The molecule has 6 aromatic rings. The molecule has 15 heteroatoms. The van der Waals surface area contributed by atoms with E-state index in [-0.39, 0.29) is 36.0 Å². The molecule has 14 nitrogen and oxygen atoms in total. The molecular weight excluding hydrogens is 843 g/mol. The van der Waals surface area contributed by atoms with Gasteiger partial charge in [-0.2, -0.15) is 0 Å². The zero-order valence-corrected chi connectivity index (χ0v) is 37.6. The van der Waals surface area contributed by atoms with Crippen LogP contribution in [0.2, 0.25) is 0 Å². The Hall–Kier alpha value is -7.00. The second-order valence-corrected chi connectivity index (χ2v) is 17.9. The zero-order chi connectivity index (χ0) is 45.6. The number of rotatable bonds is 13. The summed E-state index contributed by atoms with van der Waals surface area (Å²) in [6, 6.07) is 31.2. The van der Waals surface area contributed by atoms with Gasteiger partial charge < -0.3 is 40.2 Å². The number of fused-ring (bicyclic) bond motifs is 1. The molecule has 0 aliphatic carbocycles. The van der Waals surface area contributed by atoms with E-state index in [1.54, 1.807) is 68.2 Å². The van der Waals surface area contributed by atoms with Crippen molar-refractivity contribution >= 4 is 57.8 Å². The SMILES string of the molecule is CC(C)OC(=O)N[C@@H](C(=O)N1CCC[C@H]1C(=O)Nc1ccc2[nH]c(-c3ccc(-c4cnc([C@@H]5CCCN5C(=O)[C@H](NC(=O)OC(C)C)c5ccccc5)s4)cc3)cc2c1)c1ccccc1. The smallest absolute Gasteiger partial charge is 0.408 e. The van der Waals surface area contributed by atoms with E-state index >= 15 is 0 Å². The average molecular weight is 896 g/mol. The van der Waals surface area contributed by atoms with Crippen LogP contribution in [-0.2, 0) is 23.9 Å². The highest BCUT2D eigenvalue weighted by Gasteiger charge is 2.39. The van der Waals surface area contributed by atoms with E-state index in [2.05, 4.69) is 33.1 Å². The van der Waals surface area contributed by atoms with Crippen molar-refractivity contribution in [2.24, 2.45) is 0 Å². The number of thiazole rings is 1. The first kappa shape index (κ1) is 44.6. The topological polar surface area (TPSA) is 175 Å². The molecule has 0 spiro atoms. The van der Waals surface area contributed by atoms with Gasteiger partial charge in [0.15, 0.2) is 0 Å². The zero-order valence-electron chi connectivity index (χ0n) is 36.8. The van der Waals surface area contributed by atoms with Crippen molar-refractivity contribution in [1.82, 2.24) is 30.4 Å². The lowest BCUT2D eigenvalue weighted by molar-refractivity contribution is -0.138. The van der Waals surface area contributed by atoms with Crippen molar-refractivity contribution in [2.75, 3.05) is 18.4 Å². The molecule has 2 aromatic heterocycles. The minimum atomic E-state index is -1.01. The van der Waals surface area contributed by atoms with E-state index in [9.17, 15) is 24.0 Å². The first-order valence-corrected chi connectivity index (χ1v) is 22.9. The molecule has 2 aliphatic rings. The van der Waals surface area contributed by atoms with Gasteiger partial charge in [0, 0.05) is 41.6 Å². The van der Waals surface area contributed by atoms with Crippen LogP contribution in [0.1, 0.15) is 87.6 Å². The molecule has 5 amide bonds. The molecule has 2 aliphatic heterocycles. The van der Waals surface area contributed by atoms with Gasteiger partial charge in [0.25, 0.3) is 11.8 Å².